The molecule has 1 fully saturated rings. The van der Waals surface area contributed by atoms with Gasteiger partial charge in [-0.25, -0.2) is 14.6 Å². The van der Waals surface area contributed by atoms with Gasteiger partial charge in [0.2, 0.25) is 0 Å². The van der Waals surface area contributed by atoms with Crippen molar-refractivity contribution in [3.63, 3.8) is 0 Å². The Morgan fingerprint density at radius 2 is 1.70 bits per heavy atom. The van der Waals surface area contributed by atoms with Crippen molar-refractivity contribution in [2.75, 3.05) is 7.05 Å². The highest BCUT2D eigenvalue weighted by Gasteiger charge is 2.30. The van der Waals surface area contributed by atoms with Crippen molar-refractivity contribution >= 4 is 46.5 Å². The van der Waals surface area contributed by atoms with Crippen LogP contribution in [-0.2, 0) is 4.79 Å². The molecule has 0 spiro atoms. The molecule has 27 heavy (non-hydrogen) atoms. The van der Waals surface area contributed by atoms with E-state index in [9.17, 15) is 19.5 Å². The first kappa shape index (κ1) is 18.4. The highest BCUT2D eigenvalue weighted by molar-refractivity contribution is 8.18. The van der Waals surface area contributed by atoms with Crippen molar-refractivity contribution in [3.05, 3.63) is 70.1 Å². The fourth-order valence-electron chi connectivity index (χ4n) is 2.38. The van der Waals surface area contributed by atoms with Gasteiger partial charge in [0.25, 0.3) is 5.91 Å². The number of carbonyl (C=O) groups excluding carboxylic acids is 1. The van der Waals surface area contributed by atoms with Crippen LogP contribution in [0, 0.1) is 0 Å². The molecular weight excluding hydrogens is 368 g/mol. The van der Waals surface area contributed by atoms with Gasteiger partial charge in [0, 0.05) is 7.05 Å². The van der Waals surface area contributed by atoms with E-state index >= 15 is 0 Å². The number of amidine groups is 1. The maximum Gasteiger partial charge on any atom is 0.337 e. The topological polar surface area (TPSA) is 107 Å². The number of rotatable bonds is 4. The first-order valence-corrected chi connectivity index (χ1v) is 8.60. The van der Waals surface area contributed by atoms with Crippen LogP contribution < -0.4 is 0 Å². The number of hydrogen-bond donors (Lipinski definition) is 2. The van der Waals surface area contributed by atoms with E-state index in [1.165, 1.54) is 23.1 Å². The fourth-order valence-corrected chi connectivity index (χ4v) is 3.36. The normalized spacial score (nSPS) is 16.9. The zero-order chi connectivity index (χ0) is 19.6. The number of para-hydroxylation sites is 1. The molecule has 0 atom stereocenters. The van der Waals surface area contributed by atoms with Crippen LogP contribution in [0.3, 0.4) is 0 Å². The summed E-state index contributed by atoms with van der Waals surface area (Å²) in [6, 6.07) is 12.4. The predicted molar refractivity (Wildman–Crippen MR) is 102 cm³/mol. The Kier molecular flexibility index (Phi) is 5.09. The Hall–Kier alpha value is -3.39. The Balaban J connectivity index is 1.91. The first-order valence-electron chi connectivity index (χ1n) is 7.79. The third-order valence-corrected chi connectivity index (χ3v) is 4.87. The van der Waals surface area contributed by atoms with Crippen LogP contribution in [0.25, 0.3) is 6.08 Å². The highest BCUT2D eigenvalue weighted by Crippen LogP contribution is 2.33. The predicted octanol–water partition coefficient (Wildman–Crippen LogP) is 3.32. The van der Waals surface area contributed by atoms with Gasteiger partial charge >= 0.3 is 11.9 Å². The lowest BCUT2D eigenvalue weighted by Gasteiger charge is -2.08. The second-order valence-electron chi connectivity index (χ2n) is 5.62. The molecule has 1 saturated heterocycles. The molecule has 3 rings (SSSR count). The van der Waals surface area contributed by atoms with Gasteiger partial charge in [0.1, 0.15) is 0 Å². The summed E-state index contributed by atoms with van der Waals surface area (Å²) in [4.78, 5) is 40.8. The number of hydrogen-bond acceptors (Lipinski definition) is 5. The van der Waals surface area contributed by atoms with Gasteiger partial charge in [-0.1, -0.05) is 24.3 Å². The minimum absolute atomic E-state index is 0.0492. The molecule has 0 unspecified atom stereocenters. The smallest absolute Gasteiger partial charge is 0.337 e. The molecule has 1 heterocycles. The van der Waals surface area contributed by atoms with Crippen molar-refractivity contribution in [1.29, 1.82) is 0 Å². The molecule has 7 nitrogen and oxygen atoms in total. The van der Waals surface area contributed by atoms with E-state index in [-0.39, 0.29) is 22.7 Å². The van der Waals surface area contributed by atoms with Gasteiger partial charge in [-0.15, -0.1) is 0 Å². The molecule has 1 amide bonds. The zero-order valence-electron chi connectivity index (χ0n) is 14.1. The molecule has 0 saturated carbocycles. The number of nitrogens with zero attached hydrogens (tertiary/aromatic N) is 2. The molecule has 0 aliphatic carbocycles. The van der Waals surface area contributed by atoms with Crippen LogP contribution in [0.4, 0.5) is 5.69 Å². The number of aromatic carboxylic acids is 2. The van der Waals surface area contributed by atoms with Crippen LogP contribution in [-0.4, -0.2) is 45.2 Å². The second kappa shape index (κ2) is 7.46. The molecule has 2 N–H and O–H groups in total. The number of carboxylic acid groups (broad SMARTS) is 2. The van der Waals surface area contributed by atoms with Crippen LogP contribution >= 0.6 is 11.8 Å². The molecule has 1 aliphatic heterocycles. The van der Waals surface area contributed by atoms with Gasteiger partial charge < -0.3 is 10.2 Å². The average molecular weight is 382 g/mol. The zero-order valence-corrected chi connectivity index (χ0v) is 14.9. The molecule has 0 radical (unpaired) electrons. The van der Waals surface area contributed by atoms with E-state index in [0.717, 1.165) is 11.8 Å². The maximum absolute atomic E-state index is 12.4. The summed E-state index contributed by atoms with van der Waals surface area (Å²) in [5, 5.41) is 18.6. The van der Waals surface area contributed by atoms with Crippen molar-refractivity contribution < 1.29 is 24.6 Å². The first-order chi connectivity index (χ1) is 12.9. The van der Waals surface area contributed by atoms with Crippen molar-refractivity contribution in [2.45, 2.75) is 0 Å². The Morgan fingerprint density at radius 3 is 2.33 bits per heavy atom. The summed E-state index contributed by atoms with van der Waals surface area (Å²) in [6.07, 6.45) is 1.64. The van der Waals surface area contributed by atoms with Crippen LogP contribution in [0.15, 0.2) is 58.4 Å². The summed E-state index contributed by atoms with van der Waals surface area (Å²) in [7, 11) is 1.56. The number of benzene rings is 2. The highest BCUT2D eigenvalue weighted by atomic mass is 32.2. The largest absolute Gasteiger partial charge is 0.478 e. The summed E-state index contributed by atoms with van der Waals surface area (Å²) in [5.41, 5.74) is 1.15. The number of thioether (sulfide) groups is 1. The maximum atomic E-state index is 12.4. The summed E-state index contributed by atoms with van der Waals surface area (Å²) in [6.45, 7) is 0. The van der Waals surface area contributed by atoms with E-state index in [2.05, 4.69) is 4.99 Å². The summed E-state index contributed by atoms with van der Waals surface area (Å²) in [5.74, 6) is -2.39. The van der Waals surface area contributed by atoms with Gasteiger partial charge in [-0.3, -0.25) is 9.69 Å². The van der Waals surface area contributed by atoms with Gasteiger partial charge in [-0.2, -0.15) is 0 Å². The molecular formula is C19H14N2O5S. The van der Waals surface area contributed by atoms with Crippen LogP contribution in [0.2, 0.25) is 0 Å². The third kappa shape index (κ3) is 3.90. The van der Waals surface area contributed by atoms with E-state index in [1.54, 1.807) is 43.5 Å². The molecule has 136 valence electrons. The number of carbonyl (C=O) groups is 3. The Morgan fingerprint density at radius 1 is 1.04 bits per heavy atom. The molecule has 0 aromatic heterocycles. The van der Waals surface area contributed by atoms with E-state index in [0.29, 0.717) is 15.6 Å². The minimum atomic E-state index is -1.10. The summed E-state index contributed by atoms with van der Waals surface area (Å²) >= 11 is 1.13. The number of carboxylic acids is 2. The SMILES string of the molecule is CN1C(=O)/C(=C/c2ccc(C(=O)O)cc2)SC1=Nc1ccccc1C(=O)O. The van der Waals surface area contributed by atoms with Crippen molar-refractivity contribution in [3.8, 4) is 0 Å². The Bertz CT molecular complexity index is 995. The van der Waals surface area contributed by atoms with Crippen molar-refractivity contribution in [2.24, 2.45) is 4.99 Å². The Labute approximate surface area is 158 Å². The molecule has 2 aromatic rings. The standard InChI is InChI=1S/C19H14N2O5S/c1-21-16(22)15(10-11-6-8-12(9-7-11)17(23)24)27-19(21)20-14-5-3-2-4-13(14)18(25)26/h2-10H,1H3,(H,23,24)(H,25,26)/b15-10-,20-19?. The third-order valence-electron chi connectivity index (χ3n) is 3.81. The lowest BCUT2D eigenvalue weighted by Crippen LogP contribution is -2.23. The van der Waals surface area contributed by atoms with Crippen molar-refractivity contribution in [1.82, 2.24) is 4.90 Å². The fraction of sp³-hybridized carbons (Fsp3) is 0.0526. The molecule has 1 aliphatic rings. The summed E-state index contributed by atoms with van der Waals surface area (Å²) < 4.78 is 0. The number of aliphatic imine (C=N–C) groups is 1. The monoisotopic (exact) mass is 382 g/mol. The molecule has 2 aromatic carbocycles. The van der Waals surface area contributed by atoms with E-state index in [4.69, 9.17) is 5.11 Å². The second-order valence-corrected chi connectivity index (χ2v) is 6.63. The lowest BCUT2D eigenvalue weighted by molar-refractivity contribution is -0.121. The molecule has 0 bridgehead atoms. The quantitative estimate of drug-likeness (QED) is 0.786. The van der Waals surface area contributed by atoms with E-state index < -0.39 is 11.9 Å². The van der Waals surface area contributed by atoms with E-state index in [1.807, 2.05) is 0 Å². The number of likely N-dealkylation sites (N-methyl/N-ethyl adjacent to an activating group) is 1. The number of amides is 1. The van der Waals surface area contributed by atoms with Gasteiger partial charge in [0.15, 0.2) is 5.17 Å². The average Bonchev–Trinajstić information content (AvgIpc) is 2.90. The lowest BCUT2D eigenvalue weighted by atomic mass is 10.1. The molecule has 8 heteroatoms. The van der Waals surface area contributed by atoms with Crippen LogP contribution in [0.5, 0.6) is 0 Å². The van der Waals surface area contributed by atoms with Crippen LogP contribution in [0.1, 0.15) is 26.3 Å². The minimum Gasteiger partial charge on any atom is -0.478 e. The van der Waals surface area contributed by atoms with Gasteiger partial charge in [0.05, 0.1) is 21.7 Å². The van der Waals surface area contributed by atoms with Gasteiger partial charge in [-0.05, 0) is 47.7 Å².